The van der Waals surface area contributed by atoms with Crippen molar-refractivity contribution in [2.24, 2.45) is 0 Å². The molecular weight excluding hydrogens is 476 g/mol. The van der Waals surface area contributed by atoms with Crippen LogP contribution in [0.5, 0.6) is 5.75 Å². The third-order valence-corrected chi connectivity index (χ3v) is 8.13. The van der Waals surface area contributed by atoms with Gasteiger partial charge >= 0.3 is 0 Å². The summed E-state index contributed by atoms with van der Waals surface area (Å²) in [5.41, 5.74) is 12.4. The van der Waals surface area contributed by atoms with Gasteiger partial charge in [-0.25, -0.2) is 0 Å². The van der Waals surface area contributed by atoms with Crippen LogP contribution in [0.25, 0.3) is 46.9 Å². The van der Waals surface area contributed by atoms with E-state index in [1.54, 1.807) is 0 Å². The summed E-state index contributed by atoms with van der Waals surface area (Å²) in [6.45, 7) is 16.4. The third-order valence-electron chi connectivity index (χ3n) is 8.13. The Bertz CT molecular complexity index is 1580. The predicted molar refractivity (Wildman–Crippen MR) is 170 cm³/mol. The number of hydrogen-bond donors (Lipinski definition) is 0. The van der Waals surface area contributed by atoms with E-state index in [-0.39, 0.29) is 11.5 Å². The van der Waals surface area contributed by atoms with Gasteiger partial charge in [-0.15, -0.1) is 0 Å². The van der Waals surface area contributed by atoms with E-state index >= 15 is 0 Å². The topological polar surface area (TPSA) is 22.4 Å². The first-order valence-electron chi connectivity index (χ1n) is 15.0. The van der Waals surface area contributed by atoms with E-state index in [2.05, 4.69) is 80.7 Å². The molecule has 1 saturated carbocycles. The standard InChI is InChI=1S/C31H24O2.3C2H6/c1-17-13-26-28(21-11-7-3-5-9-19(17)21)23-15-24-29-22-12-8-4-6-10-20(22)18(2)14-27(29)33-31(24)16-25(31)30(23)32-26;3*1-2/h5-15,25H,3-4,16H2,1-2H3;3*1-2H3. The lowest BCUT2D eigenvalue weighted by atomic mass is 9.85. The van der Waals surface area contributed by atoms with Gasteiger partial charge in [0.25, 0.3) is 0 Å². The van der Waals surface area contributed by atoms with Gasteiger partial charge in [0.2, 0.25) is 0 Å². The lowest BCUT2D eigenvalue weighted by molar-refractivity contribution is 0.245. The van der Waals surface area contributed by atoms with Gasteiger partial charge in [-0.2, -0.15) is 0 Å². The average molecular weight is 519 g/mol. The first kappa shape index (κ1) is 27.1. The number of allylic oxidation sites excluding steroid dienone is 4. The zero-order valence-corrected chi connectivity index (χ0v) is 24.9. The molecule has 1 spiro atoms. The van der Waals surface area contributed by atoms with Crippen LogP contribution in [-0.4, -0.2) is 5.60 Å². The molecule has 2 unspecified atom stereocenters. The summed E-state index contributed by atoms with van der Waals surface area (Å²) in [4.78, 5) is 0. The van der Waals surface area contributed by atoms with Crippen LogP contribution < -0.4 is 4.74 Å². The summed E-state index contributed by atoms with van der Waals surface area (Å²) in [6.07, 6.45) is 23.5. The molecule has 2 aromatic carbocycles. The number of fused-ring (bicyclic) bond motifs is 10. The highest BCUT2D eigenvalue weighted by molar-refractivity contribution is 6.08. The van der Waals surface area contributed by atoms with Crippen molar-refractivity contribution in [1.82, 2.24) is 0 Å². The van der Waals surface area contributed by atoms with Crippen molar-refractivity contribution in [3.8, 4) is 5.75 Å². The minimum Gasteiger partial charge on any atom is -0.481 e. The highest BCUT2D eigenvalue weighted by Crippen LogP contribution is 2.70. The average Bonchev–Trinajstić information content (AvgIpc) is 3.64. The molecule has 1 fully saturated rings. The maximum atomic E-state index is 6.76. The van der Waals surface area contributed by atoms with E-state index in [1.807, 2.05) is 41.5 Å². The van der Waals surface area contributed by atoms with E-state index < -0.39 is 0 Å². The monoisotopic (exact) mass is 518 g/mol. The van der Waals surface area contributed by atoms with E-state index in [1.165, 1.54) is 55.5 Å². The van der Waals surface area contributed by atoms with Crippen LogP contribution in [-0.2, 0) is 0 Å². The van der Waals surface area contributed by atoms with Crippen LogP contribution in [0.3, 0.4) is 0 Å². The third kappa shape index (κ3) is 3.91. The first-order chi connectivity index (χ1) is 19.2. The lowest BCUT2D eigenvalue weighted by Crippen LogP contribution is -2.18. The summed E-state index contributed by atoms with van der Waals surface area (Å²) in [5.74, 6) is 2.43. The Morgan fingerprint density at radius 3 is 1.92 bits per heavy atom. The van der Waals surface area contributed by atoms with Gasteiger partial charge in [-0.1, -0.05) is 90.2 Å². The van der Waals surface area contributed by atoms with Gasteiger partial charge in [0.05, 0.1) is 5.92 Å². The zero-order valence-electron chi connectivity index (χ0n) is 24.9. The Balaban J connectivity index is 0.000000484. The van der Waals surface area contributed by atoms with Crippen molar-refractivity contribution in [2.75, 3.05) is 0 Å². The van der Waals surface area contributed by atoms with E-state index in [0.29, 0.717) is 0 Å². The number of furan rings is 1. The zero-order chi connectivity index (χ0) is 27.9. The molecule has 3 aromatic rings. The summed E-state index contributed by atoms with van der Waals surface area (Å²) >= 11 is 0. The SMILES string of the molecule is CC.CC.CC.Cc1cc2c(c3c1C=CCC=C3)C1=Cc3c(oc4cc(C)c5c(c34)C=CCC=C5)C3CC13O2. The Kier molecular flexibility index (Phi) is 7.33. The van der Waals surface area contributed by atoms with Crippen molar-refractivity contribution >= 4 is 46.9 Å². The molecule has 0 radical (unpaired) electrons. The molecule has 2 heterocycles. The first-order valence-corrected chi connectivity index (χ1v) is 15.0. The van der Waals surface area contributed by atoms with Gasteiger partial charge < -0.3 is 9.15 Å². The van der Waals surface area contributed by atoms with Gasteiger partial charge in [0, 0.05) is 28.5 Å². The normalized spacial score (nSPS) is 21.3. The second-order valence-electron chi connectivity index (χ2n) is 10.1. The Morgan fingerprint density at radius 1 is 0.692 bits per heavy atom. The fraction of sp³-hybridized carbons (Fsp3) is 0.351. The molecule has 0 saturated heterocycles. The highest BCUT2D eigenvalue weighted by Gasteiger charge is 2.68. The molecule has 39 heavy (non-hydrogen) atoms. The second kappa shape index (κ2) is 10.6. The molecule has 5 aliphatic rings. The molecule has 8 rings (SSSR count). The molecule has 202 valence electrons. The molecule has 1 aromatic heterocycles. The lowest BCUT2D eigenvalue weighted by Gasteiger charge is -2.17. The van der Waals surface area contributed by atoms with Gasteiger partial charge in [0.1, 0.15) is 22.7 Å². The number of rotatable bonds is 0. The van der Waals surface area contributed by atoms with E-state index in [4.69, 9.17) is 9.15 Å². The Hall–Kier alpha value is -3.52. The van der Waals surface area contributed by atoms with Crippen LogP contribution in [0.1, 0.15) is 117 Å². The molecule has 2 atom stereocenters. The summed E-state index contributed by atoms with van der Waals surface area (Å²) < 4.78 is 13.3. The van der Waals surface area contributed by atoms with Gasteiger partial charge in [-0.05, 0) is 78.3 Å². The molecule has 1 aliphatic heterocycles. The van der Waals surface area contributed by atoms with Gasteiger partial charge in [0.15, 0.2) is 0 Å². The fourth-order valence-electron chi connectivity index (χ4n) is 6.52. The molecule has 0 amide bonds. The molecule has 2 heteroatoms. The van der Waals surface area contributed by atoms with E-state index in [0.717, 1.165) is 36.4 Å². The summed E-state index contributed by atoms with van der Waals surface area (Å²) in [6, 6.07) is 4.46. The molecule has 0 bridgehead atoms. The van der Waals surface area contributed by atoms with Crippen molar-refractivity contribution in [3.63, 3.8) is 0 Å². The number of benzene rings is 2. The number of aryl methyl sites for hydroxylation is 2. The van der Waals surface area contributed by atoms with Gasteiger partial charge in [-0.3, -0.25) is 0 Å². The quantitative estimate of drug-likeness (QED) is 0.295. The van der Waals surface area contributed by atoms with E-state index in [9.17, 15) is 0 Å². The smallest absolute Gasteiger partial charge is 0.146 e. The van der Waals surface area contributed by atoms with Crippen molar-refractivity contribution in [2.45, 2.75) is 86.2 Å². The van der Waals surface area contributed by atoms with Crippen LogP contribution >= 0.6 is 0 Å². The molecule has 2 nitrogen and oxygen atoms in total. The fourth-order valence-corrected chi connectivity index (χ4v) is 6.52. The van der Waals surface area contributed by atoms with Crippen molar-refractivity contribution in [3.05, 3.63) is 86.7 Å². The Morgan fingerprint density at radius 2 is 1.26 bits per heavy atom. The number of ether oxygens (including phenoxy) is 1. The second-order valence-corrected chi connectivity index (χ2v) is 10.1. The molecule has 4 aliphatic carbocycles. The largest absolute Gasteiger partial charge is 0.481 e. The molecular formula is C37H42O2. The summed E-state index contributed by atoms with van der Waals surface area (Å²) in [5, 5.41) is 1.25. The van der Waals surface area contributed by atoms with Crippen LogP contribution in [0.2, 0.25) is 0 Å². The van der Waals surface area contributed by atoms with Crippen molar-refractivity contribution in [1.29, 1.82) is 0 Å². The minimum absolute atomic E-state index is 0.254. The highest BCUT2D eigenvalue weighted by atomic mass is 16.5. The Labute approximate surface area is 234 Å². The van der Waals surface area contributed by atoms with Crippen LogP contribution in [0, 0.1) is 13.8 Å². The van der Waals surface area contributed by atoms with Crippen LogP contribution in [0.15, 0.2) is 40.9 Å². The van der Waals surface area contributed by atoms with Crippen molar-refractivity contribution < 1.29 is 9.15 Å². The molecule has 0 N–H and O–H groups in total. The number of hydrogen-bond acceptors (Lipinski definition) is 2. The minimum atomic E-state index is -0.254. The summed E-state index contributed by atoms with van der Waals surface area (Å²) in [7, 11) is 0. The van der Waals surface area contributed by atoms with Crippen LogP contribution in [0.4, 0.5) is 0 Å². The maximum Gasteiger partial charge on any atom is 0.146 e. The predicted octanol–water partition coefficient (Wildman–Crippen LogP) is 11.2. The maximum absolute atomic E-state index is 6.76.